The predicted molar refractivity (Wildman–Crippen MR) is 154 cm³/mol. The van der Waals surface area contributed by atoms with Crippen molar-refractivity contribution in [1.82, 2.24) is 14.3 Å². The molecule has 2 aromatic carbocycles. The summed E-state index contributed by atoms with van der Waals surface area (Å²) in [5.41, 5.74) is 1.64. The van der Waals surface area contributed by atoms with Crippen LogP contribution in [0.25, 0.3) is 0 Å². The van der Waals surface area contributed by atoms with Crippen LogP contribution in [-0.2, 0) is 32.2 Å². The van der Waals surface area contributed by atoms with Gasteiger partial charge in [0.05, 0.1) is 14.2 Å². The summed E-state index contributed by atoms with van der Waals surface area (Å²) in [6.45, 7) is 0.340. The number of hydrogen-bond donors (Lipinski definition) is 0. The van der Waals surface area contributed by atoms with Crippen molar-refractivity contribution in [3.8, 4) is 11.5 Å². The van der Waals surface area contributed by atoms with Crippen molar-refractivity contribution in [2.24, 2.45) is 0 Å². The van der Waals surface area contributed by atoms with Crippen LogP contribution in [0.4, 0.5) is 0 Å². The highest BCUT2D eigenvalue weighted by molar-refractivity contribution is 8.13. The molecule has 4 aromatic rings. The highest BCUT2D eigenvalue weighted by Crippen LogP contribution is 2.27. The number of ether oxygens (including phenoxy) is 2. The van der Waals surface area contributed by atoms with E-state index in [9.17, 15) is 16.8 Å². The van der Waals surface area contributed by atoms with Crippen LogP contribution in [0.3, 0.4) is 0 Å². The zero-order valence-electron chi connectivity index (χ0n) is 21.2. The number of benzene rings is 2. The lowest BCUT2D eigenvalue weighted by atomic mass is 10.2. The Kier molecular flexibility index (Phi) is 11.1. The van der Waals surface area contributed by atoms with Gasteiger partial charge in [-0.25, -0.2) is 26.8 Å². The molecule has 212 valence electrons. The van der Waals surface area contributed by atoms with Gasteiger partial charge in [0.25, 0.3) is 9.05 Å². The Morgan fingerprint density at radius 1 is 0.675 bits per heavy atom. The van der Waals surface area contributed by atoms with E-state index < -0.39 is 19.1 Å². The van der Waals surface area contributed by atoms with E-state index in [1.165, 1.54) is 34.9 Å². The summed E-state index contributed by atoms with van der Waals surface area (Å²) >= 11 is 11.5. The molecule has 9 nitrogen and oxygen atoms in total. The number of rotatable bonds is 9. The Morgan fingerprint density at radius 2 is 1.07 bits per heavy atom. The highest BCUT2D eigenvalue weighted by atomic mass is 35.7. The van der Waals surface area contributed by atoms with Gasteiger partial charge in [0.2, 0.25) is 10.0 Å². The lowest BCUT2D eigenvalue weighted by molar-refractivity contribution is 0.397. The van der Waals surface area contributed by atoms with Crippen LogP contribution in [0.15, 0.2) is 95.0 Å². The molecule has 2 heterocycles. The van der Waals surface area contributed by atoms with Crippen LogP contribution in [0.2, 0.25) is 10.3 Å². The fraction of sp³-hybridized carbons (Fsp3) is 0.154. The molecule has 0 aliphatic rings. The minimum atomic E-state index is -3.88. The van der Waals surface area contributed by atoms with Gasteiger partial charge in [0.1, 0.15) is 31.6 Å². The summed E-state index contributed by atoms with van der Waals surface area (Å²) in [6, 6.07) is 20.3. The summed E-state index contributed by atoms with van der Waals surface area (Å²) in [4.78, 5) is 7.27. The molecule has 4 rings (SSSR count). The van der Waals surface area contributed by atoms with Gasteiger partial charge in [0.15, 0.2) is 0 Å². The number of hydrogen-bond acceptors (Lipinski definition) is 8. The van der Waals surface area contributed by atoms with Gasteiger partial charge in [-0.05, 0) is 59.7 Å². The SMILES string of the molecule is COc1ccc(CN(Cc2ccc(OC)cc2)S(=O)(=O)c2cccnc2Cl)cc1.O=S(=O)(Cl)c1cccnc1Cl. The number of pyridine rings is 2. The zero-order chi connectivity index (χ0) is 29.3. The average molecular weight is 645 g/mol. The van der Waals surface area contributed by atoms with E-state index in [4.69, 9.17) is 43.4 Å². The molecule has 0 unspecified atom stereocenters. The summed E-state index contributed by atoms with van der Waals surface area (Å²) in [5.74, 6) is 1.40. The molecular weight excluding hydrogens is 621 g/mol. The van der Waals surface area contributed by atoms with Crippen molar-refractivity contribution >= 4 is 53.0 Å². The Labute approximate surface area is 247 Å². The molecule has 2 aromatic heterocycles. The fourth-order valence-electron chi connectivity index (χ4n) is 3.35. The van der Waals surface area contributed by atoms with Crippen molar-refractivity contribution in [1.29, 1.82) is 0 Å². The fourth-order valence-corrected chi connectivity index (χ4v) is 6.61. The van der Waals surface area contributed by atoms with Crippen molar-refractivity contribution < 1.29 is 26.3 Å². The number of sulfonamides is 1. The van der Waals surface area contributed by atoms with Crippen LogP contribution in [-0.4, -0.2) is 45.3 Å². The van der Waals surface area contributed by atoms with E-state index >= 15 is 0 Å². The molecule has 0 aliphatic carbocycles. The first-order chi connectivity index (χ1) is 19.0. The van der Waals surface area contributed by atoms with E-state index in [0.29, 0.717) is 11.5 Å². The van der Waals surface area contributed by atoms with Crippen LogP contribution in [0, 0.1) is 0 Å². The summed E-state index contributed by atoms with van der Waals surface area (Å²) in [5, 5.41) is -0.163. The van der Waals surface area contributed by atoms with Gasteiger partial charge in [-0.2, -0.15) is 4.31 Å². The minimum absolute atomic E-state index is 0.0244. The third-order valence-electron chi connectivity index (χ3n) is 5.37. The molecule has 0 N–H and O–H groups in total. The molecule has 0 fully saturated rings. The molecule has 0 amide bonds. The van der Waals surface area contributed by atoms with Crippen LogP contribution >= 0.6 is 33.9 Å². The number of nitrogens with zero attached hydrogens (tertiary/aromatic N) is 3. The Bertz CT molecular complexity index is 1590. The quantitative estimate of drug-likeness (QED) is 0.166. The van der Waals surface area contributed by atoms with Crippen molar-refractivity contribution in [3.63, 3.8) is 0 Å². The largest absolute Gasteiger partial charge is 0.497 e. The molecule has 0 saturated heterocycles. The van der Waals surface area contributed by atoms with E-state index in [2.05, 4.69) is 9.97 Å². The molecule has 0 aliphatic heterocycles. The maximum absolute atomic E-state index is 13.4. The van der Waals surface area contributed by atoms with Crippen LogP contribution < -0.4 is 9.47 Å². The molecule has 0 radical (unpaired) electrons. The average Bonchev–Trinajstić information content (AvgIpc) is 2.93. The third-order valence-corrected chi connectivity index (χ3v) is 9.37. The van der Waals surface area contributed by atoms with Gasteiger partial charge in [0, 0.05) is 36.2 Å². The van der Waals surface area contributed by atoms with Gasteiger partial charge >= 0.3 is 0 Å². The van der Waals surface area contributed by atoms with E-state index in [1.54, 1.807) is 44.6 Å². The molecule has 0 atom stereocenters. The Morgan fingerprint density at radius 3 is 1.40 bits per heavy atom. The van der Waals surface area contributed by atoms with Gasteiger partial charge in [-0.3, -0.25) is 0 Å². The van der Waals surface area contributed by atoms with Crippen molar-refractivity contribution in [3.05, 3.63) is 107 Å². The molecule has 0 spiro atoms. The molecule has 0 bridgehead atoms. The lowest BCUT2D eigenvalue weighted by Gasteiger charge is -2.23. The van der Waals surface area contributed by atoms with E-state index in [-0.39, 0.29) is 33.2 Å². The second-order valence-corrected chi connectivity index (χ2v) is 13.1. The first-order valence-electron chi connectivity index (χ1n) is 11.4. The minimum Gasteiger partial charge on any atom is -0.497 e. The maximum Gasteiger partial charge on any atom is 0.264 e. The maximum atomic E-state index is 13.4. The molecule has 0 saturated carbocycles. The molecule has 14 heteroatoms. The number of methoxy groups -OCH3 is 2. The second-order valence-electron chi connectivity index (χ2n) is 7.99. The normalized spacial score (nSPS) is 11.4. The van der Waals surface area contributed by atoms with Crippen LogP contribution in [0.5, 0.6) is 11.5 Å². The summed E-state index contributed by atoms with van der Waals surface area (Å²) in [6.07, 6.45) is 2.84. The molecule has 40 heavy (non-hydrogen) atoms. The third kappa shape index (κ3) is 8.53. The smallest absolute Gasteiger partial charge is 0.264 e. The first kappa shape index (κ1) is 31.6. The topological polar surface area (TPSA) is 116 Å². The molecular formula is C26H24Cl3N3O6S2. The van der Waals surface area contributed by atoms with E-state index in [0.717, 1.165) is 11.1 Å². The van der Waals surface area contributed by atoms with Crippen molar-refractivity contribution in [2.75, 3.05) is 14.2 Å². The predicted octanol–water partition coefficient (Wildman–Crippen LogP) is 5.81. The standard InChI is InChI=1S/C21H21ClN2O4S.C5H3Cl2NO2S/c1-27-18-9-5-16(6-10-18)14-24(15-17-7-11-19(28-2)12-8-17)29(25,26)20-4-3-13-23-21(20)22;6-5-4(11(7,9)10)2-1-3-8-5/h3-13H,14-15H2,1-2H3;1-3H. The second kappa shape index (κ2) is 14.1. The zero-order valence-corrected chi connectivity index (χ0v) is 25.1. The Hall–Kier alpha value is -2.93. The first-order valence-corrected chi connectivity index (χ1v) is 15.9. The Balaban J connectivity index is 0.000000336. The van der Waals surface area contributed by atoms with Crippen LogP contribution in [0.1, 0.15) is 11.1 Å². The summed E-state index contributed by atoms with van der Waals surface area (Å²) in [7, 11) is 0.539. The van der Waals surface area contributed by atoms with Crippen molar-refractivity contribution in [2.45, 2.75) is 22.9 Å². The number of halogens is 3. The van der Waals surface area contributed by atoms with Gasteiger partial charge in [-0.1, -0.05) is 47.5 Å². The van der Waals surface area contributed by atoms with Gasteiger partial charge < -0.3 is 9.47 Å². The monoisotopic (exact) mass is 643 g/mol. The van der Waals surface area contributed by atoms with E-state index in [1.807, 2.05) is 24.3 Å². The number of aromatic nitrogens is 2. The summed E-state index contributed by atoms with van der Waals surface area (Å²) < 4.78 is 59.8. The lowest BCUT2D eigenvalue weighted by Crippen LogP contribution is -2.30. The van der Waals surface area contributed by atoms with Gasteiger partial charge in [-0.15, -0.1) is 0 Å². The highest BCUT2D eigenvalue weighted by Gasteiger charge is 2.27.